The smallest absolute Gasteiger partial charge is 0.311 e. The molecular weight excluding hydrogens is 728 g/mol. The van der Waals surface area contributed by atoms with Crippen LogP contribution in [0.4, 0.5) is 0 Å². The van der Waals surface area contributed by atoms with Crippen LogP contribution >= 0.6 is 0 Å². The molecule has 0 aromatic carbocycles. The Hall–Kier alpha value is -0.890. The molecule has 12 rings (SSSR count). The topological polar surface area (TPSA) is 120 Å². The van der Waals surface area contributed by atoms with E-state index in [1.54, 1.807) is 0 Å². The predicted molar refractivity (Wildman–Crippen MR) is 210 cm³/mol. The van der Waals surface area contributed by atoms with Crippen molar-refractivity contribution in [2.24, 2.45) is 59.2 Å². The van der Waals surface area contributed by atoms with E-state index in [1.165, 1.54) is 70.6 Å². The Kier molecular flexibility index (Phi) is 13.1. The van der Waals surface area contributed by atoms with Crippen molar-refractivity contribution in [2.75, 3.05) is 13.2 Å². The number of ether oxygens (including phenoxy) is 5. The van der Waals surface area contributed by atoms with Gasteiger partial charge in [-0.1, -0.05) is 91.9 Å². The number of esters is 1. The van der Waals surface area contributed by atoms with Crippen LogP contribution in [0, 0.1) is 59.2 Å². The fourth-order valence-corrected chi connectivity index (χ4v) is 13.3. The Balaban J connectivity index is 0.000000136. The van der Waals surface area contributed by atoms with Crippen LogP contribution < -0.4 is 0 Å². The monoisotopic (exact) mass is 805 g/mol. The number of aliphatic hydroxyl groups excluding tert-OH is 1. The summed E-state index contributed by atoms with van der Waals surface area (Å²) in [5, 5.41) is 8.62. The van der Waals surface area contributed by atoms with Gasteiger partial charge < -0.3 is 28.8 Å². The molecular formula is C46H76O11. The first-order valence-electron chi connectivity index (χ1n) is 23.6. The van der Waals surface area contributed by atoms with E-state index in [0.29, 0.717) is 36.2 Å². The summed E-state index contributed by atoms with van der Waals surface area (Å²) in [6.07, 6.45) is 23.0. The second-order valence-electron chi connectivity index (χ2n) is 20.6. The van der Waals surface area contributed by atoms with E-state index in [4.69, 9.17) is 48.3 Å². The quantitative estimate of drug-likeness (QED) is 0.204. The second kappa shape index (κ2) is 17.5. The number of rotatable bonds is 6. The standard InChI is InChI=1S/C23H38O5.C15H22O5.C8H16O/c1-15-9-10-19-16(2)20(24-14-12-17-7-5-4-6-8-17)25-21-23(19)18(15)11-13-22(3,26-21)27-28-23;1-8-4-5-11-9(2)12(16)17-13-15(11)10(8)6-7-14(3,18-13)19-20-15;9-7-6-8-4-2-1-3-5-8/h15-21H,4-14H2,1-3H3;8-11,13H,4-7H2,1-3H3;8-9H,1-7H2/t15-,16-,18?,19?,20+,21-,22+,23-;8-,9-,10?,11?,13-,14+,15-;/m11./s1. The average molecular weight is 805 g/mol. The number of fused-ring (bicyclic) bond motifs is 4. The van der Waals surface area contributed by atoms with E-state index in [0.717, 1.165) is 76.2 Å². The summed E-state index contributed by atoms with van der Waals surface area (Å²) in [5.41, 5.74) is -1.09. The number of hydrogen-bond donors (Lipinski definition) is 1. The maximum absolute atomic E-state index is 12.1. The molecule has 11 heteroatoms. The van der Waals surface area contributed by atoms with Gasteiger partial charge in [-0.25, -0.2) is 19.6 Å². The van der Waals surface area contributed by atoms with Gasteiger partial charge in [0.15, 0.2) is 23.8 Å². The minimum absolute atomic E-state index is 0.123. The summed E-state index contributed by atoms with van der Waals surface area (Å²) in [7, 11) is 0. The lowest BCUT2D eigenvalue weighted by molar-refractivity contribution is -0.577. The maximum Gasteiger partial charge on any atom is 0.311 e. The van der Waals surface area contributed by atoms with Crippen LogP contribution in [0.1, 0.15) is 170 Å². The molecule has 2 spiro atoms. The maximum atomic E-state index is 12.1. The molecule has 8 saturated heterocycles. The number of hydrogen-bond acceptors (Lipinski definition) is 11. The molecule has 4 saturated carbocycles. The molecule has 12 fully saturated rings. The van der Waals surface area contributed by atoms with Crippen LogP contribution in [-0.2, 0) is 48.0 Å². The largest absolute Gasteiger partial charge is 0.432 e. The van der Waals surface area contributed by atoms with Crippen LogP contribution in [0.15, 0.2) is 0 Å². The van der Waals surface area contributed by atoms with Gasteiger partial charge in [0.2, 0.25) is 17.9 Å². The van der Waals surface area contributed by atoms with E-state index >= 15 is 0 Å². The van der Waals surface area contributed by atoms with Crippen LogP contribution in [0.25, 0.3) is 0 Å². The SMILES string of the molecule is C[C@@H]1CCC2[C@@H](C)C(=O)O[C@@H]3O[C@]4(C)CCC1[C@@]23OO4.C[C@@H]1CCC2[C@@H](C)[C@@H](OCCC3CCCCC3)O[C@@H]3O[C@]4(C)CCC1[C@@]23OO4.OCCC1CCCCC1. The highest BCUT2D eigenvalue weighted by molar-refractivity contribution is 5.74. The molecule has 4 unspecified atom stereocenters. The van der Waals surface area contributed by atoms with Gasteiger partial charge in [0.25, 0.3) is 0 Å². The van der Waals surface area contributed by atoms with Gasteiger partial charge in [-0.05, 0) is 94.8 Å². The minimum atomic E-state index is -0.793. The third-order valence-electron chi connectivity index (χ3n) is 16.9. The zero-order chi connectivity index (χ0) is 40.0. The Bertz CT molecular complexity index is 1350. The molecule has 12 aliphatic rings. The Morgan fingerprint density at radius 1 is 0.614 bits per heavy atom. The van der Waals surface area contributed by atoms with Gasteiger partial charge in [0.05, 0.1) is 12.5 Å². The first kappa shape index (κ1) is 42.8. The van der Waals surface area contributed by atoms with Crippen molar-refractivity contribution in [1.82, 2.24) is 0 Å². The highest BCUT2D eigenvalue weighted by Crippen LogP contribution is 2.62. The van der Waals surface area contributed by atoms with E-state index in [2.05, 4.69) is 20.8 Å². The molecule has 8 aliphatic heterocycles. The van der Waals surface area contributed by atoms with Crippen LogP contribution in [-0.4, -0.2) is 65.9 Å². The van der Waals surface area contributed by atoms with Crippen LogP contribution in [0.5, 0.6) is 0 Å². The molecule has 4 bridgehead atoms. The summed E-state index contributed by atoms with van der Waals surface area (Å²) in [6.45, 7) is 13.9. The van der Waals surface area contributed by atoms with Gasteiger partial charge in [-0.15, -0.1) is 0 Å². The lowest BCUT2D eigenvalue weighted by atomic mass is 9.58. The van der Waals surface area contributed by atoms with Crippen molar-refractivity contribution in [1.29, 1.82) is 0 Å². The van der Waals surface area contributed by atoms with Crippen LogP contribution in [0.2, 0.25) is 0 Å². The zero-order valence-corrected chi connectivity index (χ0v) is 36.1. The average Bonchev–Trinajstić information content (AvgIpc) is 3.58. The highest BCUT2D eigenvalue weighted by Gasteiger charge is 2.71. The minimum Gasteiger partial charge on any atom is -0.432 e. The Morgan fingerprint density at radius 3 is 1.72 bits per heavy atom. The summed E-state index contributed by atoms with van der Waals surface area (Å²) in [4.78, 5) is 35.8. The fourth-order valence-electron chi connectivity index (χ4n) is 13.3. The van der Waals surface area contributed by atoms with E-state index < -0.39 is 29.1 Å². The first-order chi connectivity index (χ1) is 27.4. The lowest BCUT2D eigenvalue weighted by Crippen LogP contribution is -2.70. The molecule has 326 valence electrons. The molecule has 0 aromatic heterocycles. The van der Waals surface area contributed by atoms with Crippen LogP contribution in [0.3, 0.4) is 0 Å². The number of aliphatic hydroxyl groups is 1. The Morgan fingerprint density at radius 2 is 1.14 bits per heavy atom. The Labute approximate surface area is 342 Å². The molecule has 57 heavy (non-hydrogen) atoms. The molecule has 15 atom stereocenters. The van der Waals surface area contributed by atoms with Gasteiger partial charge in [-0.3, -0.25) is 4.79 Å². The van der Waals surface area contributed by atoms with Crippen molar-refractivity contribution >= 4 is 5.97 Å². The fraction of sp³-hybridized carbons (Fsp3) is 0.978. The van der Waals surface area contributed by atoms with Gasteiger partial charge >= 0.3 is 5.97 Å². The first-order valence-corrected chi connectivity index (χ1v) is 23.6. The van der Waals surface area contributed by atoms with E-state index in [1.807, 2.05) is 20.8 Å². The van der Waals surface area contributed by atoms with E-state index in [9.17, 15) is 4.79 Å². The van der Waals surface area contributed by atoms with Crippen molar-refractivity contribution in [2.45, 2.75) is 212 Å². The van der Waals surface area contributed by atoms with Crippen molar-refractivity contribution in [3.63, 3.8) is 0 Å². The second-order valence-corrected chi connectivity index (χ2v) is 20.6. The highest BCUT2D eigenvalue weighted by atomic mass is 17.3. The molecule has 4 aliphatic carbocycles. The molecule has 0 amide bonds. The summed E-state index contributed by atoms with van der Waals surface area (Å²) in [5.74, 6) is 2.51. The summed E-state index contributed by atoms with van der Waals surface area (Å²) >= 11 is 0. The molecule has 8 heterocycles. The molecule has 11 nitrogen and oxygen atoms in total. The van der Waals surface area contributed by atoms with Gasteiger partial charge in [0.1, 0.15) is 0 Å². The predicted octanol–water partition coefficient (Wildman–Crippen LogP) is 9.53. The normalized spacial score (nSPS) is 49.1. The van der Waals surface area contributed by atoms with Gasteiger partial charge in [-0.2, -0.15) is 0 Å². The molecule has 1 N–H and O–H groups in total. The summed E-state index contributed by atoms with van der Waals surface area (Å²) < 4.78 is 30.8. The van der Waals surface area contributed by atoms with E-state index in [-0.39, 0.29) is 36.3 Å². The van der Waals surface area contributed by atoms with Gasteiger partial charge in [0, 0.05) is 43.1 Å². The third-order valence-corrected chi connectivity index (χ3v) is 16.9. The molecule has 0 radical (unpaired) electrons. The zero-order valence-electron chi connectivity index (χ0n) is 36.1. The van der Waals surface area contributed by atoms with Crippen molar-refractivity contribution < 1.29 is 53.1 Å². The third kappa shape index (κ3) is 8.15. The summed E-state index contributed by atoms with van der Waals surface area (Å²) in [6, 6.07) is 0. The molecule has 0 aromatic rings. The lowest BCUT2D eigenvalue weighted by Gasteiger charge is -2.60. The number of carbonyl (C=O) groups is 1. The van der Waals surface area contributed by atoms with Crippen molar-refractivity contribution in [3.05, 3.63) is 0 Å². The number of carbonyl (C=O) groups excluding carboxylic acids is 1. The van der Waals surface area contributed by atoms with Crippen molar-refractivity contribution in [3.8, 4) is 0 Å².